The molecule has 0 amide bonds. The molecule has 0 aromatic carbocycles. The summed E-state index contributed by atoms with van der Waals surface area (Å²) < 4.78 is 10.3. The van der Waals surface area contributed by atoms with E-state index in [1.54, 1.807) is 0 Å². The van der Waals surface area contributed by atoms with Crippen LogP contribution in [0.15, 0.2) is 0 Å². The summed E-state index contributed by atoms with van der Waals surface area (Å²) in [4.78, 5) is 11.3. The van der Waals surface area contributed by atoms with Crippen molar-refractivity contribution in [1.29, 1.82) is 0 Å². The molecule has 1 saturated carbocycles. The molecule has 1 aliphatic heterocycles. The van der Waals surface area contributed by atoms with Gasteiger partial charge in [-0.3, -0.25) is 10.1 Å². The van der Waals surface area contributed by atoms with Crippen LogP contribution in [-0.2, 0) is 14.3 Å². The van der Waals surface area contributed by atoms with Crippen molar-refractivity contribution in [3.8, 4) is 0 Å². The summed E-state index contributed by atoms with van der Waals surface area (Å²) in [7, 11) is 1.37. The van der Waals surface area contributed by atoms with Gasteiger partial charge >= 0.3 is 5.97 Å². The lowest BCUT2D eigenvalue weighted by atomic mass is 9.90. The summed E-state index contributed by atoms with van der Waals surface area (Å²) >= 11 is 0. The second kappa shape index (κ2) is 4.08. The maximum absolute atomic E-state index is 11.3. The van der Waals surface area contributed by atoms with Crippen LogP contribution in [0.2, 0.25) is 0 Å². The molecule has 1 atom stereocenters. The minimum absolute atomic E-state index is 0.224. The summed E-state index contributed by atoms with van der Waals surface area (Å²) in [6, 6.07) is -0.356. The topological polar surface area (TPSA) is 67.8 Å². The second-order valence-corrected chi connectivity index (χ2v) is 4.26. The number of aliphatic hydroxyl groups is 1. The number of carbonyl (C=O) groups excluding carboxylic acids is 1. The van der Waals surface area contributed by atoms with Gasteiger partial charge in [-0.1, -0.05) is 0 Å². The van der Waals surface area contributed by atoms with E-state index in [9.17, 15) is 9.90 Å². The smallest absolute Gasteiger partial charge is 0.325 e. The minimum Gasteiger partial charge on any atom is -0.468 e. The third-order valence-corrected chi connectivity index (χ3v) is 3.21. The molecule has 2 aliphatic rings. The second-order valence-electron chi connectivity index (χ2n) is 4.26. The SMILES string of the molecule is COC(=O)C1COC2(CCC(O)CC2)N1. The fraction of sp³-hybridized carbons (Fsp3) is 0.900. The largest absolute Gasteiger partial charge is 0.468 e. The van der Waals surface area contributed by atoms with E-state index < -0.39 is 5.72 Å². The normalized spacial score (nSPS) is 40.7. The first-order valence-corrected chi connectivity index (χ1v) is 5.33. The number of rotatable bonds is 1. The van der Waals surface area contributed by atoms with Crippen molar-refractivity contribution < 1.29 is 19.4 Å². The fourth-order valence-electron chi connectivity index (χ4n) is 2.27. The van der Waals surface area contributed by atoms with Crippen LogP contribution in [0.25, 0.3) is 0 Å². The van der Waals surface area contributed by atoms with Crippen molar-refractivity contribution in [2.45, 2.75) is 43.6 Å². The molecule has 5 heteroatoms. The average molecular weight is 215 g/mol. The summed E-state index contributed by atoms with van der Waals surface area (Å²) in [5.74, 6) is -0.280. The van der Waals surface area contributed by atoms with E-state index in [-0.39, 0.29) is 18.1 Å². The molecular formula is C10H17NO4. The molecule has 0 aromatic rings. The lowest BCUT2D eigenvalue weighted by molar-refractivity contribution is -0.142. The number of hydrogen-bond acceptors (Lipinski definition) is 5. The van der Waals surface area contributed by atoms with Crippen molar-refractivity contribution in [3.63, 3.8) is 0 Å². The first-order chi connectivity index (χ1) is 7.15. The van der Waals surface area contributed by atoms with Gasteiger partial charge in [0.25, 0.3) is 0 Å². The van der Waals surface area contributed by atoms with Crippen LogP contribution >= 0.6 is 0 Å². The van der Waals surface area contributed by atoms with Gasteiger partial charge in [-0.15, -0.1) is 0 Å². The molecule has 86 valence electrons. The van der Waals surface area contributed by atoms with Crippen molar-refractivity contribution >= 4 is 5.97 Å². The Bertz CT molecular complexity index is 248. The van der Waals surface area contributed by atoms with E-state index in [4.69, 9.17) is 4.74 Å². The van der Waals surface area contributed by atoms with E-state index in [2.05, 4.69) is 10.1 Å². The van der Waals surface area contributed by atoms with Gasteiger partial charge in [0.1, 0.15) is 11.8 Å². The molecule has 1 heterocycles. The summed E-state index contributed by atoms with van der Waals surface area (Å²) in [5, 5.41) is 12.6. The molecule has 0 aromatic heterocycles. The van der Waals surface area contributed by atoms with Crippen molar-refractivity contribution in [2.75, 3.05) is 13.7 Å². The number of aliphatic hydroxyl groups excluding tert-OH is 1. The predicted octanol–water partition coefficient (Wildman–Crippen LogP) is -0.221. The van der Waals surface area contributed by atoms with Crippen molar-refractivity contribution in [3.05, 3.63) is 0 Å². The Morgan fingerprint density at radius 2 is 2.20 bits per heavy atom. The Morgan fingerprint density at radius 3 is 2.80 bits per heavy atom. The molecule has 0 bridgehead atoms. The maximum Gasteiger partial charge on any atom is 0.325 e. The zero-order chi connectivity index (χ0) is 10.9. The Labute approximate surface area is 88.7 Å². The van der Waals surface area contributed by atoms with E-state index in [1.807, 2.05) is 0 Å². The third kappa shape index (κ3) is 2.14. The molecule has 2 rings (SSSR count). The standard InChI is InChI=1S/C10H17NO4/c1-14-9(13)8-6-15-10(11-8)4-2-7(12)3-5-10/h7-8,11-12H,2-6H2,1H3. The zero-order valence-electron chi connectivity index (χ0n) is 8.86. The molecule has 15 heavy (non-hydrogen) atoms. The van der Waals surface area contributed by atoms with Crippen LogP contribution in [-0.4, -0.2) is 42.7 Å². The molecule has 2 fully saturated rings. The number of carbonyl (C=O) groups is 1. The summed E-state index contributed by atoms with van der Waals surface area (Å²) in [6.45, 7) is 0.364. The Morgan fingerprint density at radius 1 is 1.53 bits per heavy atom. The highest BCUT2D eigenvalue weighted by atomic mass is 16.5. The van der Waals surface area contributed by atoms with Crippen LogP contribution in [0, 0.1) is 0 Å². The lowest BCUT2D eigenvalue weighted by Gasteiger charge is -2.34. The molecular weight excluding hydrogens is 198 g/mol. The number of hydrogen-bond donors (Lipinski definition) is 2. The van der Waals surface area contributed by atoms with Gasteiger partial charge in [-0.2, -0.15) is 0 Å². The minimum atomic E-state index is -0.405. The fourth-order valence-corrected chi connectivity index (χ4v) is 2.27. The average Bonchev–Trinajstić information content (AvgIpc) is 2.66. The van der Waals surface area contributed by atoms with E-state index >= 15 is 0 Å². The number of nitrogens with one attached hydrogen (secondary N) is 1. The van der Waals surface area contributed by atoms with E-state index in [1.165, 1.54) is 7.11 Å². The van der Waals surface area contributed by atoms with Gasteiger partial charge in [0.15, 0.2) is 0 Å². The highest BCUT2D eigenvalue weighted by Crippen LogP contribution is 2.33. The molecule has 1 saturated heterocycles. The van der Waals surface area contributed by atoms with Crippen LogP contribution in [0.5, 0.6) is 0 Å². The van der Waals surface area contributed by atoms with Crippen molar-refractivity contribution in [1.82, 2.24) is 5.32 Å². The first-order valence-electron chi connectivity index (χ1n) is 5.33. The Balaban J connectivity index is 1.93. The highest BCUT2D eigenvalue weighted by molar-refractivity contribution is 5.76. The maximum atomic E-state index is 11.3. The Kier molecular flexibility index (Phi) is 2.95. The molecule has 2 N–H and O–H groups in total. The predicted molar refractivity (Wildman–Crippen MR) is 52.1 cm³/mol. The summed E-state index contributed by atoms with van der Waals surface area (Å²) in [5.41, 5.74) is -0.405. The first kappa shape index (κ1) is 10.9. The van der Waals surface area contributed by atoms with Crippen molar-refractivity contribution in [2.24, 2.45) is 0 Å². The van der Waals surface area contributed by atoms with E-state index in [0.717, 1.165) is 25.7 Å². The van der Waals surface area contributed by atoms with Gasteiger partial charge in [-0.05, 0) is 25.7 Å². The zero-order valence-corrected chi connectivity index (χ0v) is 8.86. The molecule has 5 nitrogen and oxygen atoms in total. The van der Waals surface area contributed by atoms with Crippen LogP contribution < -0.4 is 5.32 Å². The summed E-state index contributed by atoms with van der Waals surface area (Å²) in [6.07, 6.45) is 2.73. The van der Waals surface area contributed by atoms with Crippen LogP contribution in [0.3, 0.4) is 0 Å². The lowest BCUT2D eigenvalue weighted by Crippen LogP contribution is -2.49. The monoisotopic (exact) mass is 215 g/mol. The number of ether oxygens (including phenoxy) is 2. The molecule has 0 radical (unpaired) electrons. The molecule has 1 spiro atoms. The molecule has 1 unspecified atom stereocenters. The van der Waals surface area contributed by atoms with Crippen LogP contribution in [0.4, 0.5) is 0 Å². The van der Waals surface area contributed by atoms with Gasteiger partial charge in [-0.25, -0.2) is 0 Å². The Hall–Kier alpha value is -0.650. The van der Waals surface area contributed by atoms with Gasteiger partial charge < -0.3 is 14.6 Å². The quantitative estimate of drug-likeness (QED) is 0.592. The van der Waals surface area contributed by atoms with Gasteiger partial charge in [0, 0.05) is 0 Å². The highest BCUT2D eigenvalue weighted by Gasteiger charge is 2.44. The third-order valence-electron chi connectivity index (χ3n) is 3.21. The number of methoxy groups -OCH3 is 1. The van der Waals surface area contributed by atoms with Crippen LogP contribution in [0.1, 0.15) is 25.7 Å². The molecule has 1 aliphatic carbocycles. The van der Waals surface area contributed by atoms with Gasteiger partial charge in [0.2, 0.25) is 0 Å². The van der Waals surface area contributed by atoms with E-state index in [0.29, 0.717) is 6.61 Å². The number of esters is 1. The van der Waals surface area contributed by atoms with Gasteiger partial charge in [0.05, 0.1) is 19.8 Å².